The fourth-order valence-electron chi connectivity index (χ4n) is 2.29. The van der Waals surface area contributed by atoms with Crippen LogP contribution in [0.25, 0.3) is 0 Å². The molecule has 1 aliphatic rings. The maximum absolute atomic E-state index is 12.6. The van der Waals surface area contributed by atoms with Gasteiger partial charge in [-0.05, 0) is 19.1 Å². The molecule has 1 saturated heterocycles. The van der Waals surface area contributed by atoms with Crippen molar-refractivity contribution in [3.63, 3.8) is 0 Å². The highest BCUT2D eigenvalue weighted by atomic mass is 35.5. The maximum atomic E-state index is 12.6. The monoisotopic (exact) mass is 351 g/mol. The van der Waals surface area contributed by atoms with Gasteiger partial charge in [0.25, 0.3) is 0 Å². The summed E-state index contributed by atoms with van der Waals surface area (Å²) in [7, 11) is -2.46. The van der Waals surface area contributed by atoms with Gasteiger partial charge in [-0.25, -0.2) is 8.42 Å². The van der Waals surface area contributed by atoms with Gasteiger partial charge in [-0.2, -0.15) is 4.31 Å². The second kappa shape index (κ2) is 7.23. The number of nitro groups is 1. The summed E-state index contributed by atoms with van der Waals surface area (Å²) in [5.74, 6) is 0.0345. The second-order valence-electron chi connectivity index (χ2n) is 4.76. The van der Waals surface area contributed by atoms with Gasteiger partial charge in [0.05, 0.1) is 16.9 Å². The van der Waals surface area contributed by atoms with Crippen LogP contribution in [0, 0.1) is 10.1 Å². The van der Waals surface area contributed by atoms with Gasteiger partial charge < -0.3 is 10.1 Å². The van der Waals surface area contributed by atoms with Gasteiger partial charge in [0.1, 0.15) is 0 Å². The topological polar surface area (TPSA) is 102 Å². The Kier molecular flexibility index (Phi) is 6.12. The van der Waals surface area contributed by atoms with Gasteiger partial charge in [0.2, 0.25) is 10.0 Å². The number of rotatable bonds is 4. The molecule has 2 rings (SSSR count). The largest absolute Gasteiger partial charge is 0.490 e. The Morgan fingerprint density at radius 1 is 1.45 bits per heavy atom. The van der Waals surface area contributed by atoms with E-state index >= 15 is 0 Å². The lowest BCUT2D eigenvalue weighted by molar-refractivity contribution is -0.386. The molecule has 1 fully saturated rings. The molecule has 8 nitrogen and oxygen atoms in total. The van der Waals surface area contributed by atoms with Crippen molar-refractivity contribution in [3.8, 4) is 5.75 Å². The number of nitrogens with one attached hydrogen (secondary N) is 1. The predicted octanol–water partition coefficient (Wildman–Crippen LogP) is 1.01. The van der Waals surface area contributed by atoms with Crippen molar-refractivity contribution in [2.75, 3.05) is 26.7 Å². The molecule has 1 heterocycles. The number of benzene rings is 1. The SMILES string of the molecule is COc1ccc(S(=O)(=O)N2CCNC[C@@H]2C)cc1[N+](=O)[O-].Cl. The van der Waals surface area contributed by atoms with Crippen LogP contribution in [0.4, 0.5) is 5.69 Å². The summed E-state index contributed by atoms with van der Waals surface area (Å²) in [6.07, 6.45) is 0. The molecule has 10 heteroatoms. The molecule has 0 spiro atoms. The Balaban J connectivity index is 0.00000242. The van der Waals surface area contributed by atoms with Crippen molar-refractivity contribution >= 4 is 28.1 Å². The Morgan fingerprint density at radius 3 is 2.68 bits per heavy atom. The standard InChI is InChI=1S/C12H17N3O5S.ClH/c1-9-8-13-5-6-14(9)21(18,19)10-3-4-12(20-2)11(7-10)15(16)17;/h3-4,7,9,13H,5-6,8H2,1-2H3;1H/t9-;/m0./s1. The normalized spacial score (nSPS) is 19.3. The number of hydrogen-bond acceptors (Lipinski definition) is 6. The molecule has 0 radical (unpaired) electrons. The number of piperazine rings is 1. The summed E-state index contributed by atoms with van der Waals surface area (Å²) >= 11 is 0. The lowest BCUT2D eigenvalue weighted by atomic mass is 10.3. The highest BCUT2D eigenvalue weighted by Gasteiger charge is 2.32. The lowest BCUT2D eigenvalue weighted by Crippen LogP contribution is -2.52. The van der Waals surface area contributed by atoms with Crippen molar-refractivity contribution < 1.29 is 18.1 Å². The first-order valence-electron chi connectivity index (χ1n) is 6.43. The Hall–Kier alpha value is -1.42. The number of methoxy groups -OCH3 is 1. The molecular weight excluding hydrogens is 334 g/mol. The van der Waals surface area contributed by atoms with E-state index in [2.05, 4.69) is 5.32 Å². The number of nitro benzene ring substituents is 1. The zero-order valence-electron chi connectivity index (χ0n) is 12.2. The minimum absolute atomic E-state index is 0. The molecule has 0 saturated carbocycles. The first-order valence-corrected chi connectivity index (χ1v) is 7.87. The van der Waals surface area contributed by atoms with Crippen molar-refractivity contribution in [2.45, 2.75) is 17.9 Å². The van der Waals surface area contributed by atoms with E-state index in [0.717, 1.165) is 6.07 Å². The molecule has 0 aliphatic carbocycles. The van der Waals surface area contributed by atoms with Gasteiger partial charge in [-0.3, -0.25) is 10.1 Å². The molecular formula is C12H18ClN3O5S. The highest BCUT2D eigenvalue weighted by Crippen LogP contribution is 2.31. The van der Waals surface area contributed by atoms with E-state index in [1.54, 1.807) is 6.92 Å². The van der Waals surface area contributed by atoms with Crippen molar-refractivity contribution in [3.05, 3.63) is 28.3 Å². The van der Waals surface area contributed by atoms with Gasteiger partial charge in [0, 0.05) is 31.7 Å². The van der Waals surface area contributed by atoms with Crippen LogP contribution in [0.1, 0.15) is 6.92 Å². The average molecular weight is 352 g/mol. The van der Waals surface area contributed by atoms with Gasteiger partial charge in [-0.1, -0.05) is 0 Å². The molecule has 0 bridgehead atoms. The summed E-state index contributed by atoms with van der Waals surface area (Å²) in [5.41, 5.74) is -0.360. The van der Waals surface area contributed by atoms with Crippen LogP contribution >= 0.6 is 12.4 Å². The van der Waals surface area contributed by atoms with E-state index in [-0.39, 0.29) is 34.8 Å². The van der Waals surface area contributed by atoms with Crippen LogP contribution < -0.4 is 10.1 Å². The van der Waals surface area contributed by atoms with E-state index < -0.39 is 14.9 Å². The predicted molar refractivity (Wildman–Crippen MR) is 83.1 cm³/mol. The van der Waals surface area contributed by atoms with Crippen LogP contribution in [0.2, 0.25) is 0 Å². The Bertz CT molecular complexity index is 652. The van der Waals surface area contributed by atoms with Gasteiger partial charge >= 0.3 is 5.69 Å². The third-order valence-electron chi connectivity index (χ3n) is 3.39. The molecule has 124 valence electrons. The minimum Gasteiger partial charge on any atom is -0.490 e. The first kappa shape index (κ1) is 18.6. The molecule has 1 aliphatic heterocycles. The van der Waals surface area contributed by atoms with Crippen LogP contribution in [-0.4, -0.2) is 50.4 Å². The van der Waals surface area contributed by atoms with E-state index in [0.29, 0.717) is 19.6 Å². The quantitative estimate of drug-likeness (QED) is 0.641. The van der Waals surface area contributed by atoms with Gasteiger partial charge in [0.15, 0.2) is 5.75 Å². The van der Waals surface area contributed by atoms with E-state index in [1.807, 2.05) is 0 Å². The number of sulfonamides is 1. The van der Waals surface area contributed by atoms with Crippen molar-refractivity contribution in [1.29, 1.82) is 0 Å². The Morgan fingerprint density at radius 2 is 2.14 bits per heavy atom. The van der Waals surface area contributed by atoms with Crippen LogP contribution in [0.15, 0.2) is 23.1 Å². The Labute approximate surface area is 135 Å². The van der Waals surface area contributed by atoms with Crippen LogP contribution in [0.5, 0.6) is 5.75 Å². The fraction of sp³-hybridized carbons (Fsp3) is 0.500. The third-order valence-corrected chi connectivity index (χ3v) is 5.40. The van der Waals surface area contributed by atoms with Crippen LogP contribution in [-0.2, 0) is 10.0 Å². The molecule has 22 heavy (non-hydrogen) atoms. The number of nitrogens with zero attached hydrogens (tertiary/aromatic N) is 2. The molecule has 0 unspecified atom stereocenters. The molecule has 0 amide bonds. The molecule has 0 aromatic heterocycles. The molecule has 1 aromatic rings. The minimum atomic E-state index is -3.76. The first-order chi connectivity index (χ1) is 9.87. The van der Waals surface area contributed by atoms with E-state index in [9.17, 15) is 18.5 Å². The van der Waals surface area contributed by atoms with Crippen molar-refractivity contribution in [2.24, 2.45) is 0 Å². The number of hydrogen-bond donors (Lipinski definition) is 1. The van der Waals surface area contributed by atoms with Gasteiger partial charge in [-0.15, -0.1) is 12.4 Å². The fourth-order valence-corrected chi connectivity index (χ4v) is 3.94. The molecule has 1 N–H and O–H groups in total. The highest BCUT2D eigenvalue weighted by molar-refractivity contribution is 7.89. The maximum Gasteiger partial charge on any atom is 0.312 e. The van der Waals surface area contributed by atoms with E-state index in [1.165, 1.54) is 23.5 Å². The van der Waals surface area contributed by atoms with Crippen molar-refractivity contribution in [1.82, 2.24) is 9.62 Å². The smallest absolute Gasteiger partial charge is 0.312 e. The summed E-state index contributed by atoms with van der Waals surface area (Å²) in [5, 5.41) is 14.1. The zero-order valence-corrected chi connectivity index (χ0v) is 13.8. The number of ether oxygens (including phenoxy) is 1. The zero-order chi connectivity index (χ0) is 15.6. The average Bonchev–Trinajstić information content (AvgIpc) is 2.46. The summed E-state index contributed by atoms with van der Waals surface area (Å²) in [6, 6.07) is 3.47. The second-order valence-corrected chi connectivity index (χ2v) is 6.65. The number of halogens is 1. The summed E-state index contributed by atoms with van der Waals surface area (Å²) in [6.45, 7) is 3.24. The lowest BCUT2D eigenvalue weighted by Gasteiger charge is -2.32. The summed E-state index contributed by atoms with van der Waals surface area (Å²) in [4.78, 5) is 10.3. The third kappa shape index (κ3) is 3.49. The molecule has 1 atom stereocenters. The molecule has 1 aromatic carbocycles. The van der Waals surface area contributed by atoms with Crippen LogP contribution in [0.3, 0.4) is 0 Å². The summed E-state index contributed by atoms with van der Waals surface area (Å²) < 4.78 is 31.5. The van der Waals surface area contributed by atoms with E-state index in [4.69, 9.17) is 4.74 Å².